The van der Waals surface area contributed by atoms with Crippen molar-refractivity contribution in [1.82, 2.24) is 5.32 Å². The van der Waals surface area contributed by atoms with Gasteiger partial charge in [-0.05, 0) is 19.9 Å². The van der Waals surface area contributed by atoms with Gasteiger partial charge in [0.2, 0.25) is 0 Å². The topological polar surface area (TPSA) is 49.0 Å². The first-order chi connectivity index (χ1) is 9.33. The molecule has 5 heteroatoms. The van der Waals surface area contributed by atoms with Crippen LogP contribution in [0.2, 0.25) is 0 Å². The van der Waals surface area contributed by atoms with Crippen LogP contribution in [0.1, 0.15) is 25.7 Å². The Morgan fingerprint density at radius 1 is 0.895 bits per heavy atom. The Morgan fingerprint density at radius 3 is 2.05 bits per heavy atom. The zero-order chi connectivity index (χ0) is 13.8. The van der Waals surface area contributed by atoms with E-state index in [9.17, 15) is 0 Å². The zero-order valence-corrected chi connectivity index (χ0v) is 12.4. The summed E-state index contributed by atoms with van der Waals surface area (Å²) in [6.07, 6.45) is 4.87. The Balaban J connectivity index is 1.94. The molecule has 5 nitrogen and oxygen atoms in total. The third-order valence-corrected chi connectivity index (χ3v) is 3.45. The molecule has 1 aliphatic rings. The Bertz CT molecular complexity index is 208. The number of hydrogen-bond acceptors (Lipinski definition) is 5. The van der Waals surface area contributed by atoms with Crippen LogP contribution in [-0.4, -0.2) is 65.9 Å². The van der Waals surface area contributed by atoms with Gasteiger partial charge in [0.1, 0.15) is 0 Å². The smallest absolute Gasteiger partial charge is 0.0807 e. The molecule has 19 heavy (non-hydrogen) atoms. The van der Waals surface area contributed by atoms with Gasteiger partial charge in [-0.25, -0.2) is 0 Å². The second-order valence-corrected chi connectivity index (χ2v) is 4.99. The van der Waals surface area contributed by atoms with Crippen LogP contribution in [-0.2, 0) is 18.9 Å². The van der Waals surface area contributed by atoms with E-state index in [4.69, 9.17) is 18.9 Å². The summed E-state index contributed by atoms with van der Waals surface area (Å²) in [6.45, 7) is 4.74. The van der Waals surface area contributed by atoms with Crippen LogP contribution in [0.5, 0.6) is 0 Å². The minimum absolute atomic E-state index is 0.0487. The highest BCUT2D eigenvalue weighted by atomic mass is 16.6. The largest absolute Gasteiger partial charge is 0.382 e. The lowest BCUT2D eigenvalue weighted by atomic mass is 10.0. The molecule has 0 spiro atoms. The minimum atomic E-state index is 0.0487. The van der Waals surface area contributed by atoms with E-state index in [1.165, 1.54) is 12.8 Å². The number of likely N-dealkylation sites (N-methyl/N-ethyl adjacent to an activating group) is 1. The minimum Gasteiger partial charge on any atom is -0.382 e. The first-order valence-electron chi connectivity index (χ1n) is 7.26. The van der Waals surface area contributed by atoms with Crippen molar-refractivity contribution in [2.45, 2.75) is 31.3 Å². The molecule has 0 heterocycles. The highest BCUT2D eigenvalue weighted by Crippen LogP contribution is 2.32. The van der Waals surface area contributed by atoms with Crippen molar-refractivity contribution in [2.24, 2.45) is 0 Å². The molecule has 0 aromatic heterocycles. The van der Waals surface area contributed by atoms with Crippen LogP contribution < -0.4 is 5.32 Å². The molecule has 1 saturated carbocycles. The van der Waals surface area contributed by atoms with Gasteiger partial charge in [0.25, 0.3) is 0 Å². The Morgan fingerprint density at radius 2 is 1.47 bits per heavy atom. The third-order valence-electron chi connectivity index (χ3n) is 3.45. The first-order valence-corrected chi connectivity index (χ1v) is 7.26. The molecule has 1 fully saturated rings. The molecule has 0 atom stereocenters. The predicted octanol–water partition coefficient (Wildman–Crippen LogP) is 1.21. The Hall–Kier alpha value is -0.200. The lowest BCUT2D eigenvalue weighted by Gasteiger charge is -2.29. The lowest BCUT2D eigenvalue weighted by molar-refractivity contribution is -0.0670. The van der Waals surface area contributed by atoms with Gasteiger partial charge in [-0.2, -0.15) is 0 Å². The van der Waals surface area contributed by atoms with E-state index in [0.29, 0.717) is 39.6 Å². The molecule has 0 radical (unpaired) electrons. The normalized spacial score (nSPS) is 18.0. The van der Waals surface area contributed by atoms with Gasteiger partial charge in [0.15, 0.2) is 0 Å². The van der Waals surface area contributed by atoms with E-state index in [2.05, 4.69) is 5.32 Å². The summed E-state index contributed by atoms with van der Waals surface area (Å²) in [5, 5.41) is 3.23. The Labute approximate surface area is 116 Å². The summed E-state index contributed by atoms with van der Waals surface area (Å²) in [4.78, 5) is 0. The summed E-state index contributed by atoms with van der Waals surface area (Å²) < 4.78 is 21.7. The van der Waals surface area contributed by atoms with Crippen molar-refractivity contribution in [3.8, 4) is 0 Å². The number of hydrogen-bond donors (Lipinski definition) is 1. The van der Waals surface area contributed by atoms with Crippen molar-refractivity contribution in [1.29, 1.82) is 0 Å². The predicted molar refractivity (Wildman–Crippen MR) is 74.6 cm³/mol. The van der Waals surface area contributed by atoms with Gasteiger partial charge in [0.05, 0.1) is 45.2 Å². The van der Waals surface area contributed by atoms with E-state index in [1.807, 2.05) is 7.05 Å². The molecule has 0 aromatic carbocycles. The maximum atomic E-state index is 6.03. The van der Waals surface area contributed by atoms with E-state index >= 15 is 0 Å². The van der Waals surface area contributed by atoms with Gasteiger partial charge in [-0.15, -0.1) is 0 Å². The van der Waals surface area contributed by atoms with Crippen LogP contribution in [0, 0.1) is 0 Å². The van der Waals surface area contributed by atoms with Gasteiger partial charge in [-0.3, -0.25) is 0 Å². The van der Waals surface area contributed by atoms with Crippen LogP contribution in [0.4, 0.5) is 0 Å². The standard InChI is InChI=1S/C14H29NO4/c1-15-13-14(5-3-4-6-14)19-12-11-18-10-9-17-8-7-16-2/h15H,3-13H2,1-2H3. The fourth-order valence-corrected chi connectivity index (χ4v) is 2.49. The van der Waals surface area contributed by atoms with Crippen LogP contribution >= 0.6 is 0 Å². The van der Waals surface area contributed by atoms with E-state index < -0.39 is 0 Å². The van der Waals surface area contributed by atoms with Crippen LogP contribution in [0.3, 0.4) is 0 Å². The zero-order valence-electron chi connectivity index (χ0n) is 12.4. The average Bonchev–Trinajstić information content (AvgIpc) is 2.86. The third kappa shape index (κ3) is 7.22. The number of nitrogens with one attached hydrogen (secondary N) is 1. The van der Waals surface area contributed by atoms with Crippen LogP contribution in [0.25, 0.3) is 0 Å². The van der Waals surface area contributed by atoms with Gasteiger partial charge in [-0.1, -0.05) is 12.8 Å². The van der Waals surface area contributed by atoms with Crippen molar-refractivity contribution < 1.29 is 18.9 Å². The van der Waals surface area contributed by atoms with Gasteiger partial charge < -0.3 is 24.3 Å². The van der Waals surface area contributed by atoms with E-state index in [0.717, 1.165) is 19.4 Å². The van der Waals surface area contributed by atoms with Crippen molar-refractivity contribution in [3.05, 3.63) is 0 Å². The summed E-state index contributed by atoms with van der Waals surface area (Å²) in [6, 6.07) is 0. The maximum absolute atomic E-state index is 6.03. The molecule has 0 saturated heterocycles. The molecule has 1 rings (SSSR count). The van der Waals surface area contributed by atoms with Crippen molar-refractivity contribution in [3.63, 3.8) is 0 Å². The second-order valence-electron chi connectivity index (χ2n) is 4.99. The SMILES string of the molecule is CNCC1(OCCOCCOCCOC)CCCC1. The first kappa shape index (κ1) is 16.9. The Kier molecular flexibility index (Phi) is 9.38. The van der Waals surface area contributed by atoms with Crippen molar-refractivity contribution in [2.75, 3.05) is 60.3 Å². The summed E-state index contributed by atoms with van der Waals surface area (Å²) >= 11 is 0. The summed E-state index contributed by atoms with van der Waals surface area (Å²) in [5.41, 5.74) is 0.0487. The molecule has 1 aliphatic carbocycles. The summed E-state index contributed by atoms with van der Waals surface area (Å²) in [7, 11) is 3.65. The number of rotatable bonds is 12. The average molecular weight is 275 g/mol. The second kappa shape index (κ2) is 10.6. The molecule has 0 unspecified atom stereocenters. The van der Waals surface area contributed by atoms with Gasteiger partial charge >= 0.3 is 0 Å². The molecule has 0 bridgehead atoms. The van der Waals surface area contributed by atoms with Crippen molar-refractivity contribution >= 4 is 0 Å². The van der Waals surface area contributed by atoms with E-state index in [-0.39, 0.29) is 5.60 Å². The highest BCUT2D eigenvalue weighted by molar-refractivity contribution is 4.88. The fourth-order valence-electron chi connectivity index (χ4n) is 2.49. The molecule has 114 valence electrons. The molecular weight excluding hydrogens is 246 g/mol. The van der Waals surface area contributed by atoms with Crippen LogP contribution in [0.15, 0.2) is 0 Å². The molecule has 0 aromatic rings. The maximum Gasteiger partial charge on any atom is 0.0807 e. The number of methoxy groups -OCH3 is 1. The van der Waals surface area contributed by atoms with E-state index in [1.54, 1.807) is 7.11 Å². The lowest BCUT2D eigenvalue weighted by Crippen LogP contribution is -2.40. The molecule has 0 aliphatic heterocycles. The quantitative estimate of drug-likeness (QED) is 0.543. The van der Waals surface area contributed by atoms with Gasteiger partial charge in [0, 0.05) is 13.7 Å². The highest BCUT2D eigenvalue weighted by Gasteiger charge is 2.33. The summed E-state index contributed by atoms with van der Waals surface area (Å²) in [5.74, 6) is 0. The number of ether oxygens (including phenoxy) is 4. The molecule has 1 N–H and O–H groups in total. The monoisotopic (exact) mass is 275 g/mol. The molecule has 0 amide bonds. The fraction of sp³-hybridized carbons (Fsp3) is 1.00. The molecular formula is C14H29NO4.